The molecule has 3 rings (SSSR count). The van der Waals surface area contributed by atoms with Crippen LogP contribution in [0.4, 0.5) is 16.2 Å². The number of ether oxygens (including phenoxy) is 1. The molecule has 0 radical (unpaired) electrons. The summed E-state index contributed by atoms with van der Waals surface area (Å²) in [6, 6.07) is 14.8. The van der Waals surface area contributed by atoms with Crippen molar-refractivity contribution in [2.45, 2.75) is 52.1 Å². The second kappa shape index (κ2) is 9.08. The van der Waals surface area contributed by atoms with Gasteiger partial charge in [-0.25, -0.2) is 4.79 Å². The van der Waals surface area contributed by atoms with Crippen LogP contribution in [0.5, 0.6) is 0 Å². The van der Waals surface area contributed by atoms with Gasteiger partial charge < -0.3 is 14.5 Å². The second-order valence-electron chi connectivity index (χ2n) is 8.66. The van der Waals surface area contributed by atoms with Crippen molar-refractivity contribution < 1.29 is 9.53 Å². The number of para-hydroxylation sites is 1. The molecule has 0 saturated carbocycles. The van der Waals surface area contributed by atoms with Crippen molar-refractivity contribution in [3.8, 4) is 0 Å². The summed E-state index contributed by atoms with van der Waals surface area (Å²) in [5, 5.41) is 0.762. The third-order valence-corrected chi connectivity index (χ3v) is 5.35. The molecule has 0 aliphatic carbocycles. The Hall–Kier alpha value is -2.20. The number of carbonyl (C=O) groups excluding carboxylic acids is 1. The summed E-state index contributed by atoms with van der Waals surface area (Å²) in [7, 11) is 1.80. The number of amides is 1. The van der Waals surface area contributed by atoms with Crippen LogP contribution >= 0.6 is 11.6 Å². The maximum Gasteiger partial charge on any atom is 0.410 e. The normalized spacial score (nSPS) is 13.3. The fourth-order valence-corrected chi connectivity index (χ4v) is 3.84. The number of nitrogens with zero attached hydrogens (tertiary/aromatic N) is 2. The van der Waals surface area contributed by atoms with Crippen LogP contribution in [-0.2, 0) is 17.6 Å². The van der Waals surface area contributed by atoms with Gasteiger partial charge >= 0.3 is 6.09 Å². The number of aryl methyl sites for hydroxylation is 2. The fraction of sp³-hybridized carbons (Fsp3) is 0.458. The number of benzene rings is 2. The van der Waals surface area contributed by atoms with Crippen LogP contribution in [0.3, 0.4) is 0 Å². The topological polar surface area (TPSA) is 32.8 Å². The van der Waals surface area contributed by atoms with Crippen molar-refractivity contribution in [2.75, 3.05) is 25.0 Å². The zero-order valence-electron chi connectivity index (χ0n) is 17.9. The fourth-order valence-electron chi connectivity index (χ4n) is 3.68. The smallest absolute Gasteiger partial charge is 0.410 e. The molecule has 1 aliphatic rings. The highest BCUT2D eigenvalue weighted by atomic mass is 35.5. The third kappa shape index (κ3) is 5.66. The van der Waals surface area contributed by atoms with Gasteiger partial charge in [-0.2, -0.15) is 0 Å². The minimum Gasteiger partial charge on any atom is -0.444 e. The van der Waals surface area contributed by atoms with E-state index in [0.29, 0.717) is 6.54 Å². The molecule has 0 saturated heterocycles. The van der Waals surface area contributed by atoms with Crippen molar-refractivity contribution in [1.29, 1.82) is 0 Å². The Kier molecular flexibility index (Phi) is 6.74. The maximum absolute atomic E-state index is 12.1. The Morgan fingerprint density at radius 1 is 1.07 bits per heavy atom. The van der Waals surface area contributed by atoms with E-state index in [1.165, 1.54) is 22.5 Å². The number of hydrogen-bond donors (Lipinski definition) is 0. The molecule has 2 aromatic rings. The number of hydrogen-bond acceptors (Lipinski definition) is 3. The lowest BCUT2D eigenvalue weighted by atomic mass is 10.0. The summed E-state index contributed by atoms with van der Waals surface area (Å²) in [5.41, 5.74) is 4.68. The standard InChI is InChI=1S/C24H31ClN2O2/c1-24(2,3)29-23(28)26(4)15-7-8-16-27-21-10-6-5-9-18(21)11-12-19-13-14-20(25)17-22(19)27/h5-6,9-10,13-14,17H,7-8,11-12,15-16H2,1-4H3. The van der Waals surface area contributed by atoms with Crippen LogP contribution in [0.25, 0.3) is 0 Å². The maximum atomic E-state index is 12.1. The van der Waals surface area contributed by atoms with Gasteiger partial charge in [-0.05, 0) is 75.8 Å². The van der Waals surface area contributed by atoms with Gasteiger partial charge in [0.05, 0.1) is 0 Å². The molecule has 156 valence electrons. The SMILES string of the molecule is CN(CCCCN1c2ccccc2CCc2ccc(Cl)cc21)C(=O)OC(C)(C)C. The summed E-state index contributed by atoms with van der Waals surface area (Å²) in [6.45, 7) is 7.22. The van der Waals surface area contributed by atoms with E-state index in [4.69, 9.17) is 16.3 Å². The third-order valence-electron chi connectivity index (χ3n) is 5.11. The number of anilines is 2. The molecule has 0 spiro atoms. The van der Waals surface area contributed by atoms with Gasteiger partial charge in [0.1, 0.15) is 5.60 Å². The van der Waals surface area contributed by atoms with Crippen LogP contribution in [0.1, 0.15) is 44.7 Å². The van der Waals surface area contributed by atoms with Gasteiger partial charge in [0.2, 0.25) is 0 Å². The zero-order chi connectivity index (χ0) is 21.0. The predicted octanol–water partition coefficient (Wildman–Crippen LogP) is 6.22. The number of carbonyl (C=O) groups is 1. The number of unbranched alkanes of at least 4 members (excludes halogenated alkanes) is 1. The van der Waals surface area contributed by atoms with Gasteiger partial charge in [-0.3, -0.25) is 0 Å². The zero-order valence-corrected chi connectivity index (χ0v) is 18.6. The average Bonchev–Trinajstić information content (AvgIpc) is 2.80. The van der Waals surface area contributed by atoms with Crippen molar-refractivity contribution in [3.63, 3.8) is 0 Å². The van der Waals surface area contributed by atoms with Gasteiger partial charge in [-0.15, -0.1) is 0 Å². The molecule has 0 fully saturated rings. The molecule has 0 N–H and O–H groups in total. The van der Waals surface area contributed by atoms with E-state index in [2.05, 4.69) is 41.3 Å². The van der Waals surface area contributed by atoms with Crippen LogP contribution in [0.15, 0.2) is 42.5 Å². The van der Waals surface area contributed by atoms with E-state index in [1.54, 1.807) is 11.9 Å². The molecule has 1 heterocycles. The Balaban J connectivity index is 1.67. The molecular weight excluding hydrogens is 384 g/mol. The summed E-state index contributed by atoms with van der Waals surface area (Å²) in [6.07, 6.45) is 3.65. The Morgan fingerprint density at radius 3 is 2.48 bits per heavy atom. The average molecular weight is 415 g/mol. The summed E-state index contributed by atoms with van der Waals surface area (Å²) in [5.74, 6) is 0. The quantitative estimate of drug-likeness (QED) is 0.544. The minimum atomic E-state index is -0.468. The predicted molar refractivity (Wildman–Crippen MR) is 120 cm³/mol. The molecular formula is C24H31ClN2O2. The summed E-state index contributed by atoms with van der Waals surface area (Å²) < 4.78 is 5.43. The first kappa shape index (κ1) is 21.5. The Labute approximate surface area is 179 Å². The highest BCUT2D eigenvalue weighted by Gasteiger charge is 2.21. The van der Waals surface area contributed by atoms with E-state index in [1.807, 2.05) is 26.8 Å². The first-order chi connectivity index (χ1) is 13.7. The molecule has 2 aromatic carbocycles. The molecule has 0 bridgehead atoms. The lowest BCUT2D eigenvalue weighted by Gasteiger charge is -2.28. The van der Waals surface area contributed by atoms with E-state index in [0.717, 1.165) is 37.3 Å². The highest BCUT2D eigenvalue weighted by Crippen LogP contribution is 2.37. The Bertz CT molecular complexity index is 860. The van der Waals surface area contributed by atoms with Gasteiger partial charge in [0.15, 0.2) is 0 Å². The molecule has 0 unspecified atom stereocenters. The number of fused-ring (bicyclic) bond motifs is 2. The lowest BCUT2D eigenvalue weighted by Crippen LogP contribution is -2.35. The van der Waals surface area contributed by atoms with Crippen LogP contribution in [0.2, 0.25) is 5.02 Å². The lowest BCUT2D eigenvalue weighted by molar-refractivity contribution is 0.0296. The Morgan fingerprint density at radius 2 is 1.76 bits per heavy atom. The molecule has 5 heteroatoms. The van der Waals surface area contributed by atoms with E-state index in [-0.39, 0.29) is 6.09 Å². The number of halogens is 1. The largest absolute Gasteiger partial charge is 0.444 e. The van der Waals surface area contributed by atoms with Gasteiger partial charge in [-0.1, -0.05) is 35.9 Å². The van der Waals surface area contributed by atoms with Crippen molar-refractivity contribution in [2.24, 2.45) is 0 Å². The summed E-state index contributed by atoms with van der Waals surface area (Å²) in [4.78, 5) is 16.2. The van der Waals surface area contributed by atoms with Gasteiger partial charge in [0.25, 0.3) is 0 Å². The molecule has 1 amide bonds. The van der Waals surface area contributed by atoms with Crippen LogP contribution < -0.4 is 4.90 Å². The number of rotatable bonds is 5. The molecule has 29 heavy (non-hydrogen) atoms. The highest BCUT2D eigenvalue weighted by molar-refractivity contribution is 6.30. The molecule has 0 aromatic heterocycles. The van der Waals surface area contributed by atoms with Crippen LogP contribution in [0, 0.1) is 0 Å². The molecule has 1 aliphatic heterocycles. The van der Waals surface area contributed by atoms with Crippen molar-refractivity contribution in [3.05, 3.63) is 58.6 Å². The monoisotopic (exact) mass is 414 g/mol. The van der Waals surface area contributed by atoms with E-state index >= 15 is 0 Å². The first-order valence-corrected chi connectivity index (χ1v) is 10.7. The van der Waals surface area contributed by atoms with Crippen molar-refractivity contribution in [1.82, 2.24) is 4.90 Å². The molecule has 4 nitrogen and oxygen atoms in total. The molecule has 0 atom stereocenters. The first-order valence-electron chi connectivity index (χ1n) is 10.3. The minimum absolute atomic E-state index is 0.269. The van der Waals surface area contributed by atoms with E-state index in [9.17, 15) is 4.79 Å². The van der Waals surface area contributed by atoms with Crippen LogP contribution in [-0.4, -0.2) is 36.7 Å². The van der Waals surface area contributed by atoms with Gasteiger partial charge in [0, 0.05) is 36.5 Å². The summed E-state index contributed by atoms with van der Waals surface area (Å²) >= 11 is 6.33. The van der Waals surface area contributed by atoms with E-state index < -0.39 is 5.60 Å². The van der Waals surface area contributed by atoms with Crippen molar-refractivity contribution >= 4 is 29.1 Å². The second-order valence-corrected chi connectivity index (χ2v) is 9.10.